The lowest BCUT2D eigenvalue weighted by Crippen LogP contribution is -2.47. The molecule has 0 saturated carbocycles. The van der Waals surface area contributed by atoms with E-state index in [2.05, 4.69) is 10.6 Å². The van der Waals surface area contributed by atoms with E-state index >= 15 is 0 Å². The van der Waals surface area contributed by atoms with Crippen LogP contribution in [-0.2, 0) is 4.74 Å². The van der Waals surface area contributed by atoms with Crippen LogP contribution in [0.5, 0.6) is 5.75 Å². The number of nitrogens with one attached hydrogen (secondary N) is 2. The van der Waals surface area contributed by atoms with E-state index < -0.39 is 0 Å². The smallest absolute Gasteiger partial charge is 0.416 e. The third-order valence-electron chi connectivity index (χ3n) is 3.99. The van der Waals surface area contributed by atoms with Crippen LogP contribution in [0.1, 0.15) is 26.2 Å². The summed E-state index contributed by atoms with van der Waals surface area (Å²) in [5.41, 5.74) is 1.64. The summed E-state index contributed by atoms with van der Waals surface area (Å²) in [5.74, 6) is 0.782. The topological polar surface area (TPSA) is 62.8 Å². The van der Waals surface area contributed by atoms with E-state index in [-0.39, 0.29) is 11.6 Å². The summed E-state index contributed by atoms with van der Waals surface area (Å²) in [6.45, 7) is 2.16. The zero-order chi connectivity index (χ0) is 17.8. The van der Waals surface area contributed by atoms with Gasteiger partial charge in [-0.1, -0.05) is 11.8 Å². The molecule has 1 amide bonds. The minimum atomic E-state index is -0.327. The Morgan fingerprint density at radius 1 is 1.36 bits per heavy atom. The Hall–Kier alpha value is -1.93. The molecule has 1 aliphatic heterocycles. The zero-order valence-electron chi connectivity index (χ0n) is 14.2. The van der Waals surface area contributed by atoms with Gasteiger partial charge < -0.3 is 20.1 Å². The van der Waals surface area contributed by atoms with Crippen molar-refractivity contribution in [1.29, 1.82) is 0 Å². The largest absolute Gasteiger partial charge is 0.497 e. The summed E-state index contributed by atoms with van der Waals surface area (Å²) in [7, 11) is 1.63. The minimum Gasteiger partial charge on any atom is -0.497 e. The van der Waals surface area contributed by atoms with Gasteiger partial charge in [-0.25, -0.2) is 4.79 Å². The number of anilines is 1. The molecule has 2 N–H and O–H groups in total. The van der Waals surface area contributed by atoms with Crippen molar-refractivity contribution in [2.45, 2.75) is 31.7 Å². The number of benzene rings is 1. The lowest BCUT2D eigenvalue weighted by atomic mass is 10.3. The van der Waals surface area contributed by atoms with Gasteiger partial charge >= 0.3 is 6.09 Å². The molecular weight excluding hydrogens is 358 g/mol. The summed E-state index contributed by atoms with van der Waals surface area (Å²) in [5, 5.41) is 6.80. The molecule has 134 valence electrons. The standard InChI is InChI=1S/C17H21N3O3S2/c1-3-23-17(21)20-13-5-4-6-14(13)25-16(20)19-15(24)18-11-7-9-12(22-2)10-8-11/h7-10,16H,3-6H2,1-2H3,(H2,18,19,24)/t16-/m1/s1. The van der Waals surface area contributed by atoms with Gasteiger partial charge in [0.1, 0.15) is 5.75 Å². The van der Waals surface area contributed by atoms with Crippen LogP contribution in [-0.4, -0.2) is 35.3 Å². The Morgan fingerprint density at radius 3 is 2.80 bits per heavy atom. The maximum Gasteiger partial charge on any atom is 0.416 e. The molecule has 6 nitrogen and oxygen atoms in total. The summed E-state index contributed by atoms with van der Waals surface area (Å²) >= 11 is 7.04. The number of hydrogen-bond donors (Lipinski definition) is 2. The zero-order valence-corrected chi connectivity index (χ0v) is 15.8. The van der Waals surface area contributed by atoms with Gasteiger partial charge in [-0.15, -0.1) is 0 Å². The van der Waals surface area contributed by atoms with Crippen LogP contribution in [0.4, 0.5) is 10.5 Å². The van der Waals surface area contributed by atoms with Crippen molar-refractivity contribution in [2.75, 3.05) is 19.0 Å². The molecule has 2 aliphatic rings. The summed E-state index contributed by atoms with van der Waals surface area (Å²) in [6.07, 6.45) is 2.66. The maximum absolute atomic E-state index is 12.3. The van der Waals surface area contributed by atoms with Crippen molar-refractivity contribution in [2.24, 2.45) is 0 Å². The molecule has 1 heterocycles. The Bertz CT molecular complexity index is 691. The number of carbonyl (C=O) groups excluding carboxylic acids is 1. The van der Waals surface area contributed by atoms with Gasteiger partial charge in [0.2, 0.25) is 0 Å². The number of thiocarbonyl (C=S) groups is 1. The molecule has 0 spiro atoms. The molecule has 0 aromatic heterocycles. The predicted molar refractivity (Wildman–Crippen MR) is 103 cm³/mol. The lowest BCUT2D eigenvalue weighted by molar-refractivity contribution is 0.114. The normalized spacial score (nSPS) is 18.8. The van der Waals surface area contributed by atoms with E-state index in [4.69, 9.17) is 21.7 Å². The quantitative estimate of drug-likeness (QED) is 0.770. The SMILES string of the molecule is CCOC(=O)N1C2=C(CCC2)S[C@@H]1NC(=S)Nc1ccc(OC)cc1. The highest BCUT2D eigenvalue weighted by molar-refractivity contribution is 8.03. The third kappa shape index (κ3) is 4.01. The molecule has 0 saturated heterocycles. The number of methoxy groups -OCH3 is 1. The van der Waals surface area contributed by atoms with Crippen LogP contribution in [0.2, 0.25) is 0 Å². The molecule has 25 heavy (non-hydrogen) atoms. The average molecular weight is 380 g/mol. The Kier molecular flexibility index (Phi) is 5.70. The lowest BCUT2D eigenvalue weighted by Gasteiger charge is -2.27. The van der Waals surface area contributed by atoms with Crippen LogP contribution in [0, 0.1) is 0 Å². The second-order valence-corrected chi connectivity index (χ2v) is 7.17. The molecule has 0 unspecified atom stereocenters. The molecule has 0 bridgehead atoms. The molecule has 1 aromatic carbocycles. The van der Waals surface area contributed by atoms with Crippen molar-refractivity contribution in [3.8, 4) is 5.75 Å². The maximum atomic E-state index is 12.3. The first kappa shape index (κ1) is 17.9. The monoisotopic (exact) mass is 379 g/mol. The Morgan fingerprint density at radius 2 is 2.12 bits per heavy atom. The van der Waals surface area contributed by atoms with Gasteiger partial charge in [0.25, 0.3) is 0 Å². The number of rotatable bonds is 4. The molecule has 3 rings (SSSR count). The second-order valence-electron chi connectivity index (χ2n) is 5.59. The van der Waals surface area contributed by atoms with Gasteiger partial charge in [-0.05, 0) is 62.7 Å². The van der Waals surface area contributed by atoms with Gasteiger partial charge in [0, 0.05) is 16.3 Å². The van der Waals surface area contributed by atoms with Crippen molar-refractivity contribution in [3.05, 3.63) is 34.9 Å². The minimum absolute atomic E-state index is 0.275. The van der Waals surface area contributed by atoms with E-state index in [0.717, 1.165) is 36.4 Å². The van der Waals surface area contributed by atoms with Gasteiger partial charge in [-0.3, -0.25) is 4.90 Å². The van der Waals surface area contributed by atoms with Crippen molar-refractivity contribution in [1.82, 2.24) is 10.2 Å². The van der Waals surface area contributed by atoms with E-state index in [9.17, 15) is 4.79 Å². The van der Waals surface area contributed by atoms with E-state index in [1.807, 2.05) is 31.2 Å². The molecule has 0 radical (unpaired) electrons. The molecule has 8 heteroatoms. The predicted octanol–water partition coefficient (Wildman–Crippen LogP) is 3.87. The number of ether oxygens (including phenoxy) is 2. The number of thioether (sulfide) groups is 1. The summed E-state index contributed by atoms with van der Waals surface area (Å²) in [6, 6.07) is 7.48. The number of nitrogens with zero attached hydrogens (tertiary/aromatic N) is 1. The van der Waals surface area contributed by atoms with Crippen LogP contribution in [0.15, 0.2) is 34.9 Å². The molecular formula is C17H21N3O3S2. The van der Waals surface area contributed by atoms with Gasteiger partial charge in [0.05, 0.1) is 13.7 Å². The van der Waals surface area contributed by atoms with Gasteiger partial charge in [0.15, 0.2) is 10.6 Å². The van der Waals surface area contributed by atoms with Crippen molar-refractivity contribution >= 4 is 40.9 Å². The van der Waals surface area contributed by atoms with E-state index in [0.29, 0.717) is 11.7 Å². The number of amides is 1. The van der Waals surface area contributed by atoms with Gasteiger partial charge in [-0.2, -0.15) is 0 Å². The fourth-order valence-corrected chi connectivity index (χ4v) is 4.53. The van der Waals surface area contributed by atoms with Crippen LogP contribution < -0.4 is 15.4 Å². The second kappa shape index (κ2) is 7.97. The fraction of sp³-hybridized carbons (Fsp3) is 0.412. The summed E-state index contributed by atoms with van der Waals surface area (Å²) in [4.78, 5) is 15.3. The Balaban J connectivity index is 1.64. The summed E-state index contributed by atoms with van der Waals surface area (Å²) < 4.78 is 10.4. The van der Waals surface area contributed by atoms with E-state index in [1.165, 1.54) is 4.91 Å². The highest BCUT2D eigenvalue weighted by atomic mass is 32.2. The van der Waals surface area contributed by atoms with Crippen LogP contribution in [0.3, 0.4) is 0 Å². The highest BCUT2D eigenvalue weighted by Gasteiger charge is 2.39. The molecule has 1 aromatic rings. The molecule has 1 aliphatic carbocycles. The van der Waals surface area contributed by atoms with E-state index in [1.54, 1.807) is 23.8 Å². The Labute approximate surface area is 156 Å². The number of allylic oxidation sites excluding steroid dienone is 2. The number of hydrogen-bond acceptors (Lipinski definition) is 5. The fourth-order valence-electron chi connectivity index (χ4n) is 2.86. The highest BCUT2D eigenvalue weighted by Crippen LogP contribution is 2.46. The van der Waals surface area contributed by atoms with Crippen LogP contribution in [0.25, 0.3) is 0 Å². The first-order valence-electron chi connectivity index (χ1n) is 8.18. The number of carbonyl (C=O) groups is 1. The van der Waals surface area contributed by atoms with Crippen LogP contribution >= 0.6 is 24.0 Å². The van der Waals surface area contributed by atoms with Crippen molar-refractivity contribution < 1.29 is 14.3 Å². The average Bonchev–Trinajstić information content (AvgIpc) is 3.16. The third-order valence-corrected chi connectivity index (χ3v) is 5.48. The first-order chi connectivity index (χ1) is 12.1. The molecule has 1 atom stereocenters. The van der Waals surface area contributed by atoms with Crippen molar-refractivity contribution in [3.63, 3.8) is 0 Å². The first-order valence-corrected chi connectivity index (χ1v) is 9.47. The molecule has 0 fully saturated rings.